The molecule has 1 fully saturated rings. The zero-order chi connectivity index (χ0) is 11.3. The minimum Gasteiger partial charge on any atom is -0.303 e. The fraction of sp³-hybridized carbons (Fsp3) is 0.929. The van der Waals surface area contributed by atoms with Crippen LogP contribution in [0.5, 0.6) is 0 Å². The first-order valence-corrected chi connectivity index (χ1v) is 6.57. The number of aldehydes is 1. The Kier molecular flexibility index (Phi) is 5.35. The molecule has 88 valence electrons. The highest BCUT2D eigenvalue weighted by Gasteiger charge is 2.27. The molecular weight excluding hydrogens is 184 g/mol. The predicted molar refractivity (Wildman–Crippen MR) is 64.7 cm³/mol. The Hall–Kier alpha value is -0.330. The molecule has 1 aliphatic carbocycles. The maximum absolute atomic E-state index is 10.4. The lowest BCUT2D eigenvalue weighted by atomic mass is 9.71. The van der Waals surface area contributed by atoms with Gasteiger partial charge in [-0.15, -0.1) is 0 Å². The van der Waals surface area contributed by atoms with Crippen molar-refractivity contribution in [2.75, 3.05) is 0 Å². The Morgan fingerprint density at radius 2 is 2.07 bits per heavy atom. The van der Waals surface area contributed by atoms with E-state index in [0.29, 0.717) is 0 Å². The van der Waals surface area contributed by atoms with Gasteiger partial charge >= 0.3 is 0 Å². The molecule has 0 aromatic heterocycles. The Bertz CT molecular complexity index is 186. The average molecular weight is 210 g/mol. The summed E-state index contributed by atoms with van der Waals surface area (Å²) in [4.78, 5) is 10.4. The quantitative estimate of drug-likeness (QED) is 0.625. The summed E-state index contributed by atoms with van der Waals surface area (Å²) in [6.07, 6.45) is 8.50. The molecule has 15 heavy (non-hydrogen) atoms. The lowest BCUT2D eigenvalue weighted by Gasteiger charge is -2.34. The highest BCUT2D eigenvalue weighted by Crippen LogP contribution is 2.38. The zero-order valence-electron chi connectivity index (χ0n) is 10.5. The molecule has 0 aromatic rings. The van der Waals surface area contributed by atoms with Crippen LogP contribution in [-0.4, -0.2) is 6.29 Å². The van der Waals surface area contributed by atoms with E-state index in [0.717, 1.165) is 42.8 Å². The fourth-order valence-electron chi connectivity index (χ4n) is 3.16. The van der Waals surface area contributed by atoms with Crippen LogP contribution in [0.1, 0.15) is 59.3 Å². The smallest absolute Gasteiger partial charge is 0.120 e. The van der Waals surface area contributed by atoms with Crippen molar-refractivity contribution in [3.05, 3.63) is 0 Å². The second-order valence-electron chi connectivity index (χ2n) is 5.79. The first kappa shape index (κ1) is 12.7. The van der Waals surface area contributed by atoms with E-state index in [1.807, 2.05) is 0 Å². The normalized spacial score (nSPS) is 31.9. The molecule has 3 atom stereocenters. The van der Waals surface area contributed by atoms with Crippen LogP contribution in [0.25, 0.3) is 0 Å². The van der Waals surface area contributed by atoms with Gasteiger partial charge in [0.05, 0.1) is 0 Å². The van der Waals surface area contributed by atoms with E-state index < -0.39 is 0 Å². The van der Waals surface area contributed by atoms with Gasteiger partial charge in [-0.3, -0.25) is 0 Å². The Morgan fingerprint density at radius 3 is 2.60 bits per heavy atom. The van der Waals surface area contributed by atoms with Crippen LogP contribution >= 0.6 is 0 Å². The van der Waals surface area contributed by atoms with Crippen LogP contribution < -0.4 is 0 Å². The van der Waals surface area contributed by atoms with Gasteiger partial charge in [0.25, 0.3) is 0 Å². The third kappa shape index (κ3) is 4.36. The summed E-state index contributed by atoms with van der Waals surface area (Å²) in [7, 11) is 0. The average Bonchev–Trinajstić information content (AvgIpc) is 2.15. The molecule has 0 amide bonds. The van der Waals surface area contributed by atoms with Crippen molar-refractivity contribution >= 4 is 6.29 Å². The highest BCUT2D eigenvalue weighted by molar-refractivity contribution is 5.49. The van der Waals surface area contributed by atoms with Gasteiger partial charge in [0.15, 0.2) is 0 Å². The van der Waals surface area contributed by atoms with Crippen LogP contribution in [0.2, 0.25) is 0 Å². The molecule has 1 aliphatic rings. The van der Waals surface area contributed by atoms with E-state index in [-0.39, 0.29) is 0 Å². The zero-order valence-corrected chi connectivity index (χ0v) is 10.5. The lowest BCUT2D eigenvalue weighted by molar-refractivity contribution is -0.108. The highest BCUT2D eigenvalue weighted by atomic mass is 16.1. The second kappa shape index (κ2) is 6.30. The van der Waals surface area contributed by atoms with E-state index >= 15 is 0 Å². The lowest BCUT2D eigenvalue weighted by Crippen LogP contribution is -2.23. The summed E-state index contributed by atoms with van der Waals surface area (Å²) in [5.41, 5.74) is 0. The molecule has 1 nitrogen and oxygen atoms in total. The standard InChI is InChI=1S/C14H26O/c1-11(2)9-13-6-7-14(5-4-8-15)12(3)10-13/h8,11-14H,4-7,9-10H2,1-3H3. The number of hydrogen-bond donors (Lipinski definition) is 0. The largest absolute Gasteiger partial charge is 0.303 e. The van der Waals surface area contributed by atoms with Crippen molar-refractivity contribution in [3.8, 4) is 0 Å². The van der Waals surface area contributed by atoms with Gasteiger partial charge in [0.1, 0.15) is 6.29 Å². The van der Waals surface area contributed by atoms with Gasteiger partial charge in [-0.25, -0.2) is 0 Å². The van der Waals surface area contributed by atoms with Crippen LogP contribution in [0.3, 0.4) is 0 Å². The van der Waals surface area contributed by atoms with E-state index in [1.54, 1.807) is 0 Å². The van der Waals surface area contributed by atoms with Crippen molar-refractivity contribution in [1.82, 2.24) is 0 Å². The summed E-state index contributed by atoms with van der Waals surface area (Å²) in [5, 5.41) is 0. The van der Waals surface area contributed by atoms with E-state index in [2.05, 4.69) is 20.8 Å². The molecule has 0 bridgehead atoms. The molecule has 1 heteroatoms. The minimum atomic E-state index is 0.768. The molecule has 0 aliphatic heterocycles. The Labute approximate surface area is 94.6 Å². The number of carbonyl (C=O) groups is 1. The number of hydrogen-bond acceptors (Lipinski definition) is 1. The topological polar surface area (TPSA) is 17.1 Å². The summed E-state index contributed by atoms with van der Waals surface area (Å²) < 4.78 is 0. The first-order chi connectivity index (χ1) is 7.13. The molecular formula is C14H26O. The fourth-order valence-corrected chi connectivity index (χ4v) is 3.16. The number of rotatable bonds is 5. The van der Waals surface area contributed by atoms with Crippen molar-refractivity contribution < 1.29 is 4.79 Å². The Morgan fingerprint density at radius 1 is 1.33 bits per heavy atom. The van der Waals surface area contributed by atoms with Crippen LogP contribution in [0.15, 0.2) is 0 Å². The van der Waals surface area contributed by atoms with E-state index in [1.165, 1.54) is 25.7 Å². The van der Waals surface area contributed by atoms with Gasteiger partial charge in [0.2, 0.25) is 0 Å². The van der Waals surface area contributed by atoms with Gasteiger partial charge in [0, 0.05) is 6.42 Å². The van der Waals surface area contributed by atoms with Gasteiger partial charge < -0.3 is 4.79 Å². The van der Waals surface area contributed by atoms with Crippen molar-refractivity contribution in [3.63, 3.8) is 0 Å². The monoisotopic (exact) mass is 210 g/mol. The van der Waals surface area contributed by atoms with Gasteiger partial charge in [-0.2, -0.15) is 0 Å². The molecule has 0 N–H and O–H groups in total. The van der Waals surface area contributed by atoms with Crippen molar-refractivity contribution in [2.45, 2.75) is 59.3 Å². The maximum atomic E-state index is 10.4. The van der Waals surface area contributed by atoms with E-state index in [9.17, 15) is 4.79 Å². The minimum absolute atomic E-state index is 0.768. The van der Waals surface area contributed by atoms with Crippen LogP contribution in [-0.2, 0) is 4.79 Å². The summed E-state index contributed by atoms with van der Waals surface area (Å²) in [5.74, 6) is 3.45. The number of carbonyl (C=O) groups excluding carboxylic acids is 1. The summed E-state index contributed by atoms with van der Waals surface area (Å²) in [6, 6.07) is 0. The SMILES string of the molecule is CC(C)CC1CCC(CCC=O)C(C)C1. The maximum Gasteiger partial charge on any atom is 0.120 e. The first-order valence-electron chi connectivity index (χ1n) is 6.57. The van der Waals surface area contributed by atoms with E-state index in [4.69, 9.17) is 0 Å². The molecule has 0 radical (unpaired) electrons. The molecule has 0 saturated heterocycles. The Balaban J connectivity index is 2.30. The molecule has 3 unspecified atom stereocenters. The third-order valence-electron chi connectivity index (χ3n) is 3.92. The summed E-state index contributed by atoms with van der Waals surface area (Å²) in [6.45, 7) is 7.02. The molecule has 0 aromatic carbocycles. The predicted octanol–water partition coefficient (Wildman–Crippen LogP) is 4.06. The summed E-state index contributed by atoms with van der Waals surface area (Å²) >= 11 is 0. The van der Waals surface area contributed by atoms with Crippen LogP contribution in [0.4, 0.5) is 0 Å². The van der Waals surface area contributed by atoms with Crippen molar-refractivity contribution in [2.24, 2.45) is 23.7 Å². The molecule has 1 saturated carbocycles. The molecule has 0 spiro atoms. The second-order valence-corrected chi connectivity index (χ2v) is 5.79. The molecule has 1 rings (SSSR count). The van der Waals surface area contributed by atoms with Gasteiger partial charge in [-0.1, -0.05) is 27.2 Å². The van der Waals surface area contributed by atoms with Crippen molar-refractivity contribution in [1.29, 1.82) is 0 Å². The molecule has 0 heterocycles. The van der Waals surface area contributed by atoms with Gasteiger partial charge in [-0.05, 0) is 49.4 Å². The van der Waals surface area contributed by atoms with Crippen LogP contribution in [0, 0.1) is 23.7 Å². The third-order valence-corrected chi connectivity index (χ3v) is 3.92.